The number of anilines is 1. The molecule has 0 saturated heterocycles. The fraction of sp³-hybridized carbons (Fsp3) is 0.143. The van der Waals surface area contributed by atoms with Crippen LogP contribution in [0.1, 0.15) is 25.6 Å². The molecule has 1 aromatic heterocycles. The lowest BCUT2D eigenvalue weighted by Crippen LogP contribution is -2.14. The number of thiophene rings is 1. The molecule has 0 aliphatic rings. The summed E-state index contributed by atoms with van der Waals surface area (Å²) in [6.45, 7) is 1.91. The molecule has 0 fully saturated rings. The van der Waals surface area contributed by atoms with Crippen LogP contribution >= 0.6 is 27.3 Å². The second-order valence-corrected chi connectivity index (χ2v) is 8.06. The van der Waals surface area contributed by atoms with E-state index in [9.17, 15) is 9.59 Å². The average Bonchev–Trinajstić information content (AvgIpc) is 3.03. The molecule has 0 aliphatic heterocycles. The fourth-order valence-corrected chi connectivity index (χ4v) is 4.16. The van der Waals surface area contributed by atoms with E-state index in [1.54, 1.807) is 31.4 Å². The van der Waals surface area contributed by atoms with Crippen molar-refractivity contribution in [2.45, 2.75) is 6.92 Å². The molecule has 2 aromatic carbocycles. The third-order valence-corrected chi connectivity index (χ3v) is 5.71. The predicted octanol–water partition coefficient (Wildman–Crippen LogP) is 5.53. The molecule has 1 heterocycles. The number of amides is 1. The van der Waals surface area contributed by atoms with Crippen molar-refractivity contribution in [1.29, 1.82) is 0 Å². The van der Waals surface area contributed by atoms with Gasteiger partial charge in [0.05, 0.1) is 14.2 Å². The molecule has 5 nitrogen and oxygen atoms in total. The summed E-state index contributed by atoms with van der Waals surface area (Å²) in [5, 5.41) is 3.30. The lowest BCUT2D eigenvalue weighted by molar-refractivity contribution is 0.0603. The van der Waals surface area contributed by atoms with Gasteiger partial charge in [0.15, 0.2) is 0 Å². The molecule has 0 saturated carbocycles. The first kappa shape index (κ1) is 20.1. The van der Waals surface area contributed by atoms with Crippen LogP contribution in [0.25, 0.3) is 11.1 Å². The van der Waals surface area contributed by atoms with Gasteiger partial charge in [-0.1, -0.05) is 34.1 Å². The molecule has 7 heteroatoms. The molecule has 3 aromatic rings. The Morgan fingerprint density at radius 2 is 1.79 bits per heavy atom. The molecule has 0 unspecified atom stereocenters. The van der Waals surface area contributed by atoms with E-state index in [0.29, 0.717) is 21.9 Å². The minimum atomic E-state index is -0.497. The topological polar surface area (TPSA) is 64.6 Å². The molecule has 0 aliphatic carbocycles. The SMILES string of the molecule is COC(=O)c1c(NC(=O)c2cccc(OC)c2)sc(C)c1-c1ccc(Br)cc1. The quantitative estimate of drug-likeness (QED) is 0.509. The number of benzene rings is 2. The number of carbonyl (C=O) groups is 2. The van der Waals surface area contributed by atoms with Crippen molar-refractivity contribution in [3.05, 3.63) is 69.0 Å². The number of hydrogen-bond donors (Lipinski definition) is 1. The van der Waals surface area contributed by atoms with E-state index in [-0.39, 0.29) is 5.91 Å². The lowest BCUT2D eigenvalue weighted by Gasteiger charge is -2.09. The van der Waals surface area contributed by atoms with Crippen LogP contribution in [0, 0.1) is 6.92 Å². The number of nitrogens with one attached hydrogen (secondary N) is 1. The summed E-state index contributed by atoms with van der Waals surface area (Å²) in [5.74, 6) is -0.241. The summed E-state index contributed by atoms with van der Waals surface area (Å²) >= 11 is 4.76. The van der Waals surface area contributed by atoms with E-state index in [1.165, 1.54) is 18.4 Å². The highest BCUT2D eigenvalue weighted by Gasteiger charge is 2.25. The van der Waals surface area contributed by atoms with Crippen LogP contribution in [0.3, 0.4) is 0 Å². The van der Waals surface area contributed by atoms with Gasteiger partial charge in [0.25, 0.3) is 5.91 Å². The Hall–Kier alpha value is -2.64. The van der Waals surface area contributed by atoms with Crippen LogP contribution in [-0.4, -0.2) is 26.1 Å². The van der Waals surface area contributed by atoms with Gasteiger partial charge in [0.1, 0.15) is 16.3 Å². The smallest absolute Gasteiger partial charge is 0.341 e. The second kappa shape index (κ2) is 8.58. The van der Waals surface area contributed by atoms with Crippen molar-refractivity contribution in [1.82, 2.24) is 0 Å². The number of aryl methyl sites for hydroxylation is 1. The van der Waals surface area contributed by atoms with E-state index < -0.39 is 5.97 Å². The van der Waals surface area contributed by atoms with Gasteiger partial charge >= 0.3 is 5.97 Å². The number of hydrogen-bond acceptors (Lipinski definition) is 5. The molecular weight excluding hydrogens is 442 g/mol. The van der Waals surface area contributed by atoms with Crippen molar-refractivity contribution >= 4 is 44.1 Å². The van der Waals surface area contributed by atoms with Crippen LogP contribution in [0.4, 0.5) is 5.00 Å². The number of methoxy groups -OCH3 is 2. The van der Waals surface area contributed by atoms with Crippen LogP contribution in [0.2, 0.25) is 0 Å². The van der Waals surface area contributed by atoms with Gasteiger partial charge in [-0.05, 0) is 42.8 Å². The molecule has 0 bridgehead atoms. The molecule has 1 amide bonds. The Kier molecular flexibility index (Phi) is 6.16. The van der Waals surface area contributed by atoms with Gasteiger partial charge in [0, 0.05) is 20.5 Å². The largest absolute Gasteiger partial charge is 0.497 e. The number of halogens is 1. The van der Waals surface area contributed by atoms with Crippen LogP contribution in [-0.2, 0) is 4.74 Å². The van der Waals surface area contributed by atoms with Crippen molar-refractivity contribution in [3.63, 3.8) is 0 Å². The second-order valence-electron chi connectivity index (χ2n) is 5.92. The third kappa shape index (κ3) is 4.10. The Balaban J connectivity index is 2.03. The number of ether oxygens (including phenoxy) is 2. The monoisotopic (exact) mass is 459 g/mol. The highest BCUT2D eigenvalue weighted by molar-refractivity contribution is 9.10. The molecule has 1 N–H and O–H groups in total. The maximum Gasteiger partial charge on any atom is 0.341 e. The summed E-state index contributed by atoms with van der Waals surface area (Å²) in [6, 6.07) is 14.5. The van der Waals surface area contributed by atoms with Crippen molar-refractivity contribution < 1.29 is 19.1 Å². The van der Waals surface area contributed by atoms with Gasteiger partial charge < -0.3 is 14.8 Å². The zero-order chi connectivity index (χ0) is 20.3. The first-order valence-electron chi connectivity index (χ1n) is 8.37. The first-order chi connectivity index (χ1) is 13.4. The molecule has 0 spiro atoms. The van der Waals surface area contributed by atoms with E-state index in [2.05, 4.69) is 21.2 Å². The third-order valence-electron chi connectivity index (χ3n) is 4.17. The molecule has 144 valence electrons. The Bertz CT molecular complexity index is 1030. The number of carbonyl (C=O) groups excluding carboxylic acids is 2. The fourth-order valence-electron chi connectivity index (χ4n) is 2.83. The Morgan fingerprint density at radius 1 is 1.07 bits per heavy atom. The molecule has 0 atom stereocenters. The predicted molar refractivity (Wildman–Crippen MR) is 114 cm³/mol. The normalized spacial score (nSPS) is 10.4. The number of esters is 1. The Morgan fingerprint density at radius 3 is 2.43 bits per heavy atom. The van der Waals surface area contributed by atoms with Crippen molar-refractivity contribution in [2.24, 2.45) is 0 Å². The highest BCUT2D eigenvalue weighted by Crippen LogP contribution is 2.40. The molecule has 3 rings (SSSR count). The van der Waals surface area contributed by atoms with Gasteiger partial charge in [-0.15, -0.1) is 11.3 Å². The van der Waals surface area contributed by atoms with Crippen LogP contribution < -0.4 is 10.1 Å². The Labute approximate surface area is 175 Å². The summed E-state index contributed by atoms with van der Waals surface area (Å²) in [6.07, 6.45) is 0. The average molecular weight is 460 g/mol. The summed E-state index contributed by atoms with van der Waals surface area (Å²) in [4.78, 5) is 26.2. The summed E-state index contributed by atoms with van der Waals surface area (Å²) < 4.78 is 11.1. The van der Waals surface area contributed by atoms with Crippen molar-refractivity contribution in [3.8, 4) is 16.9 Å². The lowest BCUT2D eigenvalue weighted by atomic mass is 10.0. The molecule has 0 radical (unpaired) electrons. The maximum atomic E-state index is 12.7. The minimum Gasteiger partial charge on any atom is -0.497 e. The van der Waals surface area contributed by atoms with E-state index in [1.807, 2.05) is 31.2 Å². The van der Waals surface area contributed by atoms with Gasteiger partial charge in [-0.3, -0.25) is 4.79 Å². The van der Waals surface area contributed by atoms with Gasteiger partial charge in [-0.25, -0.2) is 4.79 Å². The standard InChI is InChI=1S/C21H18BrNO4S/c1-12-17(13-7-9-15(22)10-8-13)18(21(25)27-3)20(28-12)23-19(24)14-5-4-6-16(11-14)26-2/h4-11H,1-3H3,(H,23,24). The van der Waals surface area contributed by atoms with Gasteiger partial charge in [-0.2, -0.15) is 0 Å². The summed E-state index contributed by atoms with van der Waals surface area (Å²) in [7, 11) is 2.87. The van der Waals surface area contributed by atoms with E-state index in [4.69, 9.17) is 9.47 Å². The number of rotatable bonds is 5. The zero-order valence-corrected chi connectivity index (χ0v) is 17.9. The molecular formula is C21H18BrNO4S. The minimum absolute atomic E-state index is 0.326. The summed E-state index contributed by atoms with van der Waals surface area (Å²) in [5.41, 5.74) is 2.42. The zero-order valence-electron chi connectivity index (χ0n) is 15.5. The van der Waals surface area contributed by atoms with Crippen LogP contribution in [0.15, 0.2) is 53.0 Å². The highest BCUT2D eigenvalue weighted by atomic mass is 79.9. The van der Waals surface area contributed by atoms with E-state index >= 15 is 0 Å². The van der Waals surface area contributed by atoms with E-state index in [0.717, 1.165) is 20.5 Å². The van der Waals surface area contributed by atoms with Gasteiger partial charge in [0.2, 0.25) is 0 Å². The molecule has 28 heavy (non-hydrogen) atoms. The first-order valence-corrected chi connectivity index (χ1v) is 9.98. The van der Waals surface area contributed by atoms with Crippen molar-refractivity contribution in [2.75, 3.05) is 19.5 Å². The van der Waals surface area contributed by atoms with Crippen LogP contribution in [0.5, 0.6) is 5.75 Å². The maximum absolute atomic E-state index is 12.7.